The van der Waals surface area contributed by atoms with Gasteiger partial charge in [0.05, 0.1) is 12.2 Å². The lowest BCUT2D eigenvalue weighted by Crippen LogP contribution is -2.32. The Morgan fingerprint density at radius 2 is 2.05 bits per heavy atom. The molecule has 1 saturated heterocycles. The number of nitrogens with zero attached hydrogens (tertiary/aromatic N) is 2. The Morgan fingerprint density at radius 1 is 1.27 bits per heavy atom. The summed E-state index contributed by atoms with van der Waals surface area (Å²) >= 11 is 1.33. The van der Waals surface area contributed by atoms with E-state index in [0.717, 1.165) is 38.1 Å². The fourth-order valence-electron chi connectivity index (χ4n) is 2.37. The molecule has 22 heavy (non-hydrogen) atoms. The monoisotopic (exact) mass is 323 g/mol. The van der Waals surface area contributed by atoms with Crippen molar-refractivity contribution < 1.29 is 13.6 Å². The van der Waals surface area contributed by atoms with Crippen LogP contribution >= 0.6 is 11.3 Å². The standard InChI is InChI=1S/C15H15F2N3OS/c16-11-4-3-10(7-12(11)17)13-9-22-15(19-13)18-8-14(21)20-5-1-2-6-20/h3-4,7,9H,1-2,5-6,8H2,(H,18,19). The minimum Gasteiger partial charge on any atom is -0.352 e. The Balaban J connectivity index is 1.63. The Bertz CT molecular complexity index is 683. The number of anilines is 1. The number of carbonyl (C=O) groups is 1. The molecule has 0 unspecified atom stereocenters. The fraction of sp³-hybridized carbons (Fsp3) is 0.333. The van der Waals surface area contributed by atoms with Gasteiger partial charge in [-0.3, -0.25) is 4.79 Å². The van der Waals surface area contributed by atoms with Gasteiger partial charge < -0.3 is 10.2 Å². The lowest BCUT2D eigenvalue weighted by atomic mass is 10.2. The van der Waals surface area contributed by atoms with Crippen LogP contribution in [0.25, 0.3) is 11.3 Å². The predicted octanol–water partition coefficient (Wildman–Crippen LogP) is 3.12. The predicted molar refractivity (Wildman–Crippen MR) is 81.8 cm³/mol. The quantitative estimate of drug-likeness (QED) is 0.940. The summed E-state index contributed by atoms with van der Waals surface area (Å²) in [5, 5.41) is 5.32. The molecule has 0 radical (unpaired) electrons. The Kier molecular flexibility index (Phi) is 4.33. The van der Waals surface area contributed by atoms with Crippen molar-refractivity contribution in [3.63, 3.8) is 0 Å². The van der Waals surface area contributed by atoms with Crippen molar-refractivity contribution in [3.05, 3.63) is 35.2 Å². The average molecular weight is 323 g/mol. The molecular formula is C15H15F2N3OS. The van der Waals surface area contributed by atoms with Gasteiger partial charge in [-0.1, -0.05) is 0 Å². The van der Waals surface area contributed by atoms with Crippen LogP contribution in [0.1, 0.15) is 12.8 Å². The molecule has 0 saturated carbocycles. The number of rotatable bonds is 4. The molecule has 1 amide bonds. The Hall–Kier alpha value is -2.02. The van der Waals surface area contributed by atoms with E-state index in [4.69, 9.17) is 0 Å². The highest BCUT2D eigenvalue weighted by atomic mass is 32.1. The van der Waals surface area contributed by atoms with Gasteiger partial charge >= 0.3 is 0 Å². The molecule has 0 atom stereocenters. The summed E-state index contributed by atoms with van der Waals surface area (Å²) < 4.78 is 26.2. The first-order valence-electron chi connectivity index (χ1n) is 7.06. The van der Waals surface area contributed by atoms with Crippen LogP contribution in [0.2, 0.25) is 0 Å². The molecule has 2 heterocycles. The largest absolute Gasteiger partial charge is 0.352 e. The molecule has 7 heteroatoms. The summed E-state index contributed by atoms with van der Waals surface area (Å²) in [7, 11) is 0. The number of halogens is 2. The van der Waals surface area contributed by atoms with Gasteiger partial charge in [0.1, 0.15) is 0 Å². The molecule has 1 aliphatic rings. The van der Waals surface area contributed by atoms with Crippen LogP contribution in [0.3, 0.4) is 0 Å². The molecule has 116 valence electrons. The molecule has 1 fully saturated rings. The minimum atomic E-state index is -0.899. The smallest absolute Gasteiger partial charge is 0.241 e. The van der Waals surface area contributed by atoms with Gasteiger partial charge in [0.15, 0.2) is 16.8 Å². The van der Waals surface area contributed by atoms with Crippen molar-refractivity contribution >= 4 is 22.4 Å². The van der Waals surface area contributed by atoms with Crippen LogP contribution < -0.4 is 5.32 Å². The molecule has 0 spiro atoms. The van der Waals surface area contributed by atoms with Gasteiger partial charge in [-0.05, 0) is 31.0 Å². The summed E-state index contributed by atoms with van der Waals surface area (Å²) in [6, 6.07) is 3.67. The zero-order valence-electron chi connectivity index (χ0n) is 11.8. The Morgan fingerprint density at radius 3 is 2.77 bits per heavy atom. The van der Waals surface area contributed by atoms with Crippen LogP contribution in [-0.4, -0.2) is 35.4 Å². The van der Waals surface area contributed by atoms with E-state index < -0.39 is 11.6 Å². The fourth-order valence-corrected chi connectivity index (χ4v) is 3.09. The number of aromatic nitrogens is 1. The van der Waals surface area contributed by atoms with E-state index in [9.17, 15) is 13.6 Å². The molecule has 1 N–H and O–H groups in total. The molecule has 1 aromatic heterocycles. The lowest BCUT2D eigenvalue weighted by Gasteiger charge is -2.14. The van der Waals surface area contributed by atoms with Gasteiger partial charge in [0.25, 0.3) is 0 Å². The van der Waals surface area contributed by atoms with Crippen LogP contribution in [-0.2, 0) is 4.79 Å². The SMILES string of the molecule is O=C(CNc1nc(-c2ccc(F)c(F)c2)cs1)N1CCCC1. The first-order chi connectivity index (χ1) is 10.6. The molecule has 1 aromatic carbocycles. The van der Waals surface area contributed by atoms with Crippen LogP contribution in [0.5, 0.6) is 0 Å². The molecule has 0 aliphatic carbocycles. The number of carbonyl (C=O) groups excluding carboxylic acids is 1. The van der Waals surface area contributed by atoms with E-state index >= 15 is 0 Å². The number of amides is 1. The summed E-state index contributed by atoms with van der Waals surface area (Å²) in [6.45, 7) is 1.84. The molecule has 0 bridgehead atoms. The molecular weight excluding hydrogens is 308 g/mol. The van der Waals surface area contributed by atoms with Gasteiger partial charge in [0.2, 0.25) is 5.91 Å². The van der Waals surface area contributed by atoms with E-state index in [1.807, 2.05) is 4.90 Å². The Labute approximate surface area is 130 Å². The van der Waals surface area contributed by atoms with Crippen molar-refractivity contribution in [3.8, 4) is 11.3 Å². The summed E-state index contributed by atoms with van der Waals surface area (Å²) in [4.78, 5) is 18.1. The number of likely N-dealkylation sites (tertiary alicyclic amines) is 1. The lowest BCUT2D eigenvalue weighted by molar-refractivity contribution is -0.128. The maximum Gasteiger partial charge on any atom is 0.241 e. The first-order valence-corrected chi connectivity index (χ1v) is 7.94. The molecule has 1 aliphatic heterocycles. The van der Waals surface area contributed by atoms with Crippen molar-refractivity contribution in [2.75, 3.05) is 25.0 Å². The van der Waals surface area contributed by atoms with Gasteiger partial charge in [-0.2, -0.15) is 0 Å². The van der Waals surface area contributed by atoms with Crippen molar-refractivity contribution in [2.45, 2.75) is 12.8 Å². The summed E-state index contributed by atoms with van der Waals surface area (Å²) in [5.41, 5.74) is 1.06. The third-order valence-corrected chi connectivity index (χ3v) is 4.37. The number of benzene rings is 1. The maximum absolute atomic E-state index is 13.2. The van der Waals surface area contributed by atoms with E-state index in [2.05, 4.69) is 10.3 Å². The highest BCUT2D eigenvalue weighted by molar-refractivity contribution is 7.14. The molecule has 3 rings (SSSR count). The highest BCUT2D eigenvalue weighted by Gasteiger charge is 2.17. The van der Waals surface area contributed by atoms with E-state index in [0.29, 0.717) is 16.4 Å². The number of hydrogen-bond acceptors (Lipinski definition) is 4. The second-order valence-corrected chi connectivity index (χ2v) is 5.97. The molecule has 4 nitrogen and oxygen atoms in total. The van der Waals surface area contributed by atoms with Crippen LogP contribution in [0, 0.1) is 11.6 Å². The number of nitrogens with one attached hydrogen (secondary N) is 1. The molecule has 2 aromatic rings. The van der Waals surface area contributed by atoms with E-state index in [-0.39, 0.29) is 12.5 Å². The zero-order valence-corrected chi connectivity index (χ0v) is 12.6. The van der Waals surface area contributed by atoms with Crippen LogP contribution in [0.4, 0.5) is 13.9 Å². The third kappa shape index (κ3) is 3.24. The van der Waals surface area contributed by atoms with Gasteiger partial charge in [-0.25, -0.2) is 13.8 Å². The van der Waals surface area contributed by atoms with E-state index in [1.54, 1.807) is 5.38 Å². The number of hydrogen-bond donors (Lipinski definition) is 1. The maximum atomic E-state index is 13.2. The first kappa shape index (κ1) is 14.9. The highest BCUT2D eigenvalue weighted by Crippen LogP contribution is 2.26. The zero-order chi connectivity index (χ0) is 15.5. The summed E-state index contributed by atoms with van der Waals surface area (Å²) in [5.74, 6) is -1.72. The van der Waals surface area contributed by atoms with Crippen molar-refractivity contribution in [1.82, 2.24) is 9.88 Å². The van der Waals surface area contributed by atoms with Crippen molar-refractivity contribution in [2.24, 2.45) is 0 Å². The third-order valence-electron chi connectivity index (χ3n) is 3.57. The summed E-state index contributed by atoms with van der Waals surface area (Å²) in [6.07, 6.45) is 2.12. The normalized spacial score (nSPS) is 14.4. The average Bonchev–Trinajstić information content (AvgIpc) is 3.19. The number of thiazole rings is 1. The van der Waals surface area contributed by atoms with Gasteiger partial charge in [0, 0.05) is 24.0 Å². The topological polar surface area (TPSA) is 45.2 Å². The van der Waals surface area contributed by atoms with E-state index in [1.165, 1.54) is 17.4 Å². The second kappa shape index (κ2) is 6.39. The van der Waals surface area contributed by atoms with Gasteiger partial charge in [-0.15, -0.1) is 11.3 Å². The second-order valence-electron chi connectivity index (χ2n) is 5.11. The van der Waals surface area contributed by atoms with Crippen LogP contribution in [0.15, 0.2) is 23.6 Å². The minimum absolute atomic E-state index is 0.0575. The van der Waals surface area contributed by atoms with Crippen molar-refractivity contribution in [1.29, 1.82) is 0 Å².